The lowest BCUT2D eigenvalue weighted by Crippen LogP contribution is -2.54. The molecule has 1 fully saturated rings. The molecular formula is C39H42N8O8. The van der Waals surface area contributed by atoms with Gasteiger partial charge in [0.2, 0.25) is 11.8 Å². The molecule has 4 amide bonds. The van der Waals surface area contributed by atoms with Gasteiger partial charge < -0.3 is 29.5 Å². The number of hydrazone groups is 1. The number of nitrogens with one attached hydrogen (secondary N) is 1. The summed E-state index contributed by atoms with van der Waals surface area (Å²) >= 11 is 0. The van der Waals surface area contributed by atoms with Crippen LogP contribution >= 0.6 is 0 Å². The number of piperidine rings is 1. The van der Waals surface area contributed by atoms with Crippen molar-refractivity contribution in [1.82, 2.24) is 24.7 Å². The number of hydrogen-bond donors (Lipinski definition) is 2. The minimum atomic E-state index is -1.04. The highest BCUT2D eigenvalue weighted by atomic mass is 16.5. The molecule has 2 aromatic carbocycles. The van der Waals surface area contributed by atoms with Crippen molar-refractivity contribution in [2.24, 2.45) is 23.0 Å². The highest BCUT2D eigenvalue weighted by Crippen LogP contribution is 2.38. The van der Waals surface area contributed by atoms with Crippen molar-refractivity contribution in [3.8, 4) is 28.4 Å². The Kier molecular flexibility index (Phi) is 11.6. The highest BCUT2D eigenvalue weighted by Gasteiger charge is 2.44. The third-order valence-electron chi connectivity index (χ3n) is 9.60. The summed E-state index contributed by atoms with van der Waals surface area (Å²) in [5, 5.41) is 7.32. The van der Waals surface area contributed by atoms with Gasteiger partial charge in [-0.15, -0.1) is 0 Å². The number of carbonyl (C=O) groups excluding carboxylic acids is 4. The van der Waals surface area contributed by atoms with Crippen LogP contribution in [0.3, 0.4) is 0 Å². The Bertz CT molecular complexity index is 2260. The van der Waals surface area contributed by atoms with E-state index in [1.54, 1.807) is 50.5 Å². The number of aliphatic imine (C=N–C) groups is 1. The molecule has 16 nitrogen and oxygen atoms in total. The summed E-state index contributed by atoms with van der Waals surface area (Å²) in [6.07, 6.45) is 7.88. The SMILES string of the molecule is COc1cc(-c2cn(C)c(=O)c3cnccc23)cc(OC)c1CN(C)CCCN=CC(CCOc1ccc2c(c1)C(=O)N(C1CCC(=O)NC1=O)C2=O)=NN. The van der Waals surface area contributed by atoms with Crippen LogP contribution in [0.25, 0.3) is 21.9 Å². The molecule has 2 aromatic heterocycles. The standard InChI is InChI=1S/C39H42N8O8/c1-45(21-31-33(53-3)16-23(17-34(31)54-4)30-22-46(2)37(50)29-20-42-13-10-26(29)30)14-5-12-41-19-24(44-40)11-15-55-25-6-7-27-28(18-25)39(52)47(38(27)51)32-8-9-35(48)43-36(32)49/h6-7,10,13,16-20,22,32H,5,8-9,11-12,14-15,21,40H2,1-4H3,(H,43,48,49). The fourth-order valence-corrected chi connectivity index (χ4v) is 6.76. The Morgan fingerprint density at radius 3 is 2.47 bits per heavy atom. The normalized spacial score (nSPS) is 16.0. The number of amides is 4. The zero-order valence-electron chi connectivity index (χ0n) is 31.0. The van der Waals surface area contributed by atoms with Crippen LogP contribution in [0.2, 0.25) is 0 Å². The average molecular weight is 751 g/mol. The van der Waals surface area contributed by atoms with Crippen molar-refractivity contribution in [1.29, 1.82) is 0 Å². The maximum Gasteiger partial charge on any atom is 0.262 e. The third-order valence-corrected chi connectivity index (χ3v) is 9.60. The zero-order valence-corrected chi connectivity index (χ0v) is 31.0. The molecule has 1 atom stereocenters. The van der Waals surface area contributed by atoms with Crippen molar-refractivity contribution in [2.75, 3.05) is 41.0 Å². The first-order chi connectivity index (χ1) is 26.5. The van der Waals surface area contributed by atoms with E-state index in [0.29, 0.717) is 47.9 Å². The summed E-state index contributed by atoms with van der Waals surface area (Å²) in [7, 11) is 6.96. The Morgan fingerprint density at radius 2 is 1.76 bits per heavy atom. The van der Waals surface area contributed by atoms with Gasteiger partial charge in [-0.3, -0.25) is 44.2 Å². The van der Waals surface area contributed by atoms with Gasteiger partial charge in [0.15, 0.2) is 0 Å². The fourth-order valence-electron chi connectivity index (χ4n) is 6.76. The number of aromatic nitrogens is 2. The van der Waals surface area contributed by atoms with Crippen molar-refractivity contribution in [2.45, 2.75) is 38.3 Å². The Labute approximate surface area is 316 Å². The fraction of sp³-hybridized carbons (Fsp3) is 0.333. The summed E-state index contributed by atoms with van der Waals surface area (Å²) < 4.78 is 19.0. The number of ether oxygens (including phenoxy) is 3. The van der Waals surface area contributed by atoms with E-state index in [-0.39, 0.29) is 36.1 Å². The van der Waals surface area contributed by atoms with Gasteiger partial charge in [0.05, 0.1) is 48.6 Å². The lowest BCUT2D eigenvalue weighted by atomic mass is 9.99. The molecule has 0 aliphatic carbocycles. The molecule has 2 aliphatic heterocycles. The number of benzene rings is 2. The monoisotopic (exact) mass is 750 g/mol. The summed E-state index contributed by atoms with van der Waals surface area (Å²) in [5.74, 6) is 5.01. The largest absolute Gasteiger partial charge is 0.496 e. The molecule has 6 rings (SSSR count). The van der Waals surface area contributed by atoms with Crippen molar-refractivity contribution in [3.05, 3.63) is 82.0 Å². The molecule has 1 saturated heterocycles. The number of pyridine rings is 2. The van der Waals surface area contributed by atoms with Crippen LogP contribution in [0.5, 0.6) is 17.2 Å². The number of fused-ring (bicyclic) bond motifs is 2. The number of imide groups is 2. The topological polar surface area (TPSA) is 200 Å². The van der Waals surface area contributed by atoms with Crippen LogP contribution in [-0.2, 0) is 23.2 Å². The lowest BCUT2D eigenvalue weighted by molar-refractivity contribution is -0.136. The number of aryl methyl sites for hydroxylation is 1. The highest BCUT2D eigenvalue weighted by molar-refractivity contribution is 6.30. The quantitative estimate of drug-likeness (QED) is 0.0595. The van der Waals surface area contributed by atoms with Gasteiger partial charge in [0.25, 0.3) is 17.4 Å². The molecule has 1 unspecified atom stereocenters. The summed E-state index contributed by atoms with van der Waals surface area (Å²) in [5.41, 5.74) is 3.29. The molecule has 4 heterocycles. The zero-order chi connectivity index (χ0) is 39.2. The van der Waals surface area contributed by atoms with Gasteiger partial charge in [-0.05, 0) is 73.8 Å². The van der Waals surface area contributed by atoms with Crippen molar-refractivity contribution in [3.63, 3.8) is 0 Å². The van der Waals surface area contributed by atoms with E-state index in [2.05, 4.69) is 25.3 Å². The lowest BCUT2D eigenvalue weighted by Gasteiger charge is -2.27. The van der Waals surface area contributed by atoms with E-state index in [0.717, 1.165) is 39.9 Å². The summed E-state index contributed by atoms with van der Waals surface area (Å²) in [4.78, 5) is 74.3. The molecule has 0 bridgehead atoms. The molecular weight excluding hydrogens is 708 g/mol. The molecule has 0 spiro atoms. The number of carbonyl (C=O) groups is 4. The summed E-state index contributed by atoms with van der Waals surface area (Å²) in [6.45, 7) is 1.98. The predicted octanol–water partition coefficient (Wildman–Crippen LogP) is 2.70. The van der Waals surface area contributed by atoms with Crippen LogP contribution in [0.15, 0.2) is 69.9 Å². The molecule has 16 heteroatoms. The van der Waals surface area contributed by atoms with Crippen molar-refractivity contribution >= 4 is 46.3 Å². The van der Waals surface area contributed by atoms with E-state index < -0.39 is 29.7 Å². The van der Waals surface area contributed by atoms with Gasteiger partial charge in [0.1, 0.15) is 23.3 Å². The van der Waals surface area contributed by atoms with Crippen LogP contribution < -0.4 is 30.9 Å². The third kappa shape index (κ3) is 8.08. The second-order valence-corrected chi connectivity index (χ2v) is 13.2. The second-order valence-electron chi connectivity index (χ2n) is 13.2. The van der Waals surface area contributed by atoms with Gasteiger partial charge in [-0.1, -0.05) is 0 Å². The Balaban J connectivity index is 0.997. The molecule has 3 N–H and O–H groups in total. The van der Waals surface area contributed by atoms with Crippen LogP contribution in [0.4, 0.5) is 0 Å². The molecule has 2 aliphatic rings. The van der Waals surface area contributed by atoms with Crippen LogP contribution in [-0.4, -0.2) is 102 Å². The van der Waals surface area contributed by atoms with Gasteiger partial charge >= 0.3 is 0 Å². The van der Waals surface area contributed by atoms with Gasteiger partial charge in [0, 0.05) is 63.3 Å². The smallest absolute Gasteiger partial charge is 0.262 e. The maximum atomic E-state index is 13.1. The maximum absolute atomic E-state index is 13.1. The molecule has 55 heavy (non-hydrogen) atoms. The minimum Gasteiger partial charge on any atom is -0.496 e. The number of rotatable bonds is 15. The van der Waals surface area contributed by atoms with E-state index in [4.69, 9.17) is 20.1 Å². The van der Waals surface area contributed by atoms with E-state index in [1.165, 1.54) is 12.1 Å². The van der Waals surface area contributed by atoms with E-state index in [1.807, 2.05) is 31.4 Å². The number of nitrogens with two attached hydrogens (primary N) is 1. The predicted molar refractivity (Wildman–Crippen MR) is 205 cm³/mol. The molecule has 0 radical (unpaired) electrons. The van der Waals surface area contributed by atoms with E-state index >= 15 is 0 Å². The first-order valence-electron chi connectivity index (χ1n) is 17.7. The van der Waals surface area contributed by atoms with Crippen molar-refractivity contribution < 1.29 is 33.4 Å². The molecule has 286 valence electrons. The average Bonchev–Trinajstić information content (AvgIpc) is 3.43. The van der Waals surface area contributed by atoms with Crippen LogP contribution in [0, 0.1) is 0 Å². The summed E-state index contributed by atoms with van der Waals surface area (Å²) in [6, 6.07) is 9.24. The number of nitrogens with zero attached hydrogens (tertiary/aromatic N) is 6. The van der Waals surface area contributed by atoms with Gasteiger partial charge in [-0.2, -0.15) is 5.10 Å². The second kappa shape index (κ2) is 16.7. The molecule has 0 saturated carbocycles. The molecule has 4 aromatic rings. The van der Waals surface area contributed by atoms with Crippen LogP contribution in [0.1, 0.15) is 52.0 Å². The number of hydrogen-bond acceptors (Lipinski definition) is 13. The van der Waals surface area contributed by atoms with Gasteiger partial charge in [-0.25, -0.2) is 0 Å². The van der Waals surface area contributed by atoms with E-state index in [9.17, 15) is 24.0 Å². The number of methoxy groups -OCH3 is 2. The Hall–Kier alpha value is -6.42. The first kappa shape index (κ1) is 38.3. The Morgan fingerprint density at radius 1 is 1.02 bits per heavy atom. The first-order valence-corrected chi connectivity index (χ1v) is 17.7. The minimum absolute atomic E-state index is 0.0450.